The second kappa shape index (κ2) is 8.81. The van der Waals surface area contributed by atoms with Gasteiger partial charge in [0.25, 0.3) is 11.8 Å². The van der Waals surface area contributed by atoms with Crippen LogP contribution < -0.4 is 10.6 Å². The van der Waals surface area contributed by atoms with E-state index in [-0.39, 0.29) is 22.0 Å². The summed E-state index contributed by atoms with van der Waals surface area (Å²) in [5, 5.41) is 9.04. The van der Waals surface area contributed by atoms with Crippen molar-refractivity contribution in [3.8, 4) is 5.69 Å². The summed E-state index contributed by atoms with van der Waals surface area (Å²) in [5.74, 6) is -1.56. The number of aromatic nitrogens is 2. The van der Waals surface area contributed by atoms with Gasteiger partial charge in [-0.3, -0.25) is 9.59 Å². The molecule has 0 unspecified atom stereocenters. The van der Waals surface area contributed by atoms with Crippen LogP contribution in [-0.2, 0) is 6.18 Å². The number of aryl methyl sites for hydroxylation is 1. The summed E-state index contributed by atoms with van der Waals surface area (Å²) in [6, 6.07) is 10.5. The fourth-order valence-corrected chi connectivity index (χ4v) is 3.35. The molecule has 0 radical (unpaired) electrons. The van der Waals surface area contributed by atoms with Crippen molar-refractivity contribution in [3.05, 3.63) is 76.1 Å². The molecule has 1 aromatic heterocycles. The molecular weight excluding hydrogens is 433 g/mol. The average molecular weight is 451 g/mol. The van der Waals surface area contributed by atoms with E-state index in [0.29, 0.717) is 16.8 Å². The minimum absolute atomic E-state index is 0.0456. The van der Waals surface area contributed by atoms with Gasteiger partial charge >= 0.3 is 6.18 Å². The third kappa shape index (κ3) is 4.72. The molecule has 1 heterocycles. The molecule has 3 rings (SSSR count). The monoisotopic (exact) mass is 450 g/mol. The third-order valence-electron chi connectivity index (χ3n) is 4.40. The Labute approximate surface area is 181 Å². The van der Waals surface area contributed by atoms with Crippen LogP contribution in [-0.4, -0.2) is 28.1 Å². The maximum absolute atomic E-state index is 13.8. The molecule has 0 saturated heterocycles. The largest absolute Gasteiger partial charge is 0.434 e. The van der Waals surface area contributed by atoms with Crippen LogP contribution in [0.4, 0.5) is 18.9 Å². The minimum atomic E-state index is -4.85. The highest BCUT2D eigenvalue weighted by Crippen LogP contribution is 2.34. The van der Waals surface area contributed by atoms with Crippen LogP contribution >= 0.6 is 11.6 Å². The standard InChI is InChI=1S/C21H18ClF3N4O2/c1-3-26-19(30)15-10-13(22)9-12(2)17(15)28-20(31)16-11-27-29(18(16)21(23,24)25)14-7-5-4-6-8-14/h4-11H,3H2,1-2H3,(H,26,30)(H,28,31). The van der Waals surface area contributed by atoms with Crippen molar-refractivity contribution in [1.82, 2.24) is 15.1 Å². The first-order valence-corrected chi connectivity index (χ1v) is 9.61. The van der Waals surface area contributed by atoms with Crippen molar-refractivity contribution in [1.29, 1.82) is 0 Å². The van der Waals surface area contributed by atoms with E-state index < -0.39 is 29.2 Å². The van der Waals surface area contributed by atoms with Gasteiger partial charge < -0.3 is 10.6 Å². The lowest BCUT2D eigenvalue weighted by Crippen LogP contribution is -2.26. The molecule has 0 atom stereocenters. The number of carbonyl (C=O) groups excluding carboxylic acids is 2. The molecule has 3 aromatic rings. The summed E-state index contributed by atoms with van der Waals surface area (Å²) in [6.07, 6.45) is -4.00. The molecule has 2 amide bonds. The van der Waals surface area contributed by atoms with Gasteiger partial charge in [-0.25, -0.2) is 4.68 Å². The molecule has 10 heteroatoms. The molecule has 162 valence electrons. The number of anilines is 1. The van der Waals surface area contributed by atoms with E-state index in [1.165, 1.54) is 24.3 Å². The Morgan fingerprint density at radius 3 is 2.39 bits per heavy atom. The summed E-state index contributed by atoms with van der Waals surface area (Å²) < 4.78 is 42.2. The molecule has 2 aromatic carbocycles. The van der Waals surface area contributed by atoms with E-state index in [2.05, 4.69) is 15.7 Å². The van der Waals surface area contributed by atoms with E-state index >= 15 is 0 Å². The second-order valence-electron chi connectivity index (χ2n) is 6.61. The molecular formula is C21H18ClF3N4O2. The van der Waals surface area contributed by atoms with Crippen molar-refractivity contribution in [2.45, 2.75) is 20.0 Å². The molecule has 0 spiro atoms. The topological polar surface area (TPSA) is 76.0 Å². The fraction of sp³-hybridized carbons (Fsp3) is 0.190. The number of nitrogens with one attached hydrogen (secondary N) is 2. The molecule has 31 heavy (non-hydrogen) atoms. The number of para-hydroxylation sites is 1. The molecule has 0 aliphatic heterocycles. The maximum atomic E-state index is 13.8. The number of hydrogen-bond acceptors (Lipinski definition) is 3. The van der Waals surface area contributed by atoms with Gasteiger partial charge in [0, 0.05) is 11.6 Å². The van der Waals surface area contributed by atoms with Crippen LogP contribution in [0.5, 0.6) is 0 Å². The predicted octanol–water partition coefficient (Wildman–Crippen LogP) is 4.85. The van der Waals surface area contributed by atoms with Crippen molar-refractivity contribution in [2.75, 3.05) is 11.9 Å². The number of alkyl halides is 3. The van der Waals surface area contributed by atoms with Crippen LogP contribution in [0.1, 0.15) is 38.9 Å². The first kappa shape index (κ1) is 22.4. The number of rotatable bonds is 5. The highest BCUT2D eigenvalue weighted by molar-refractivity contribution is 6.31. The number of hydrogen-bond donors (Lipinski definition) is 2. The normalized spacial score (nSPS) is 11.3. The molecule has 0 aliphatic rings. The summed E-state index contributed by atoms with van der Waals surface area (Å²) in [6.45, 7) is 3.61. The minimum Gasteiger partial charge on any atom is -0.352 e. The van der Waals surface area contributed by atoms with Gasteiger partial charge in [0.05, 0.1) is 28.7 Å². The number of amides is 2. The molecule has 0 saturated carbocycles. The zero-order chi connectivity index (χ0) is 22.8. The van der Waals surface area contributed by atoms with Crippen LogP contribution in [0, 0.1) is 6.92 Å². The van der Waals surface area contributed by atoms with Crippen LogP contribution in [0.3, 0.4) is 0 Å². The highest BCUT2D eigenvalue weighted by atomic mass is 35.5. The first-order valence-electron chi connectivity index (χ1n) is 9.23. The Hall–Kier alpha value is -3.33. The van der Waals surface area contributed by atoms with E-state index in [1.807, 2.05) is 0 Å². The summed E-state index contributed by atoms with van der Waals surface area (Å²) in [5.41, 5.74) is -1.20. The molecule has 6 nitrogen and oxygen atoms in total. The summed E-state index contributed by atoms with van der Waals surface area (Å²) in [4.78, 5) is 25.3. The van der Waals surface area contributed by atoms with Crippen molar-refractivity contribution in [2.24, 2.45) is 0 Å². The van der Waals surface area contributed by atoms with Crippen LogP contribution in [0.2, 0.25) is 5.02 Å². The molecule has 0 fully saturated rings. The van der Waals surface area contributed by atoms with Gasteiger partial charge in [0.1, 0.15) is 0 Å². The zero-order valence-corrected chi connectivity index (χ0v) is 17.3. The SMILES string of the molecule is CCNC(=O)c1cc(Cl)cc(C)c1NC(=O)c1cnn(-c2ccccc2)c1C(F)(F)F. The quantitative estimate of drug-likeness (QED) is 0.583. The summed E-state index contributed by atoms with van der Waals surface area (Å²) in [7, 11) is 0. The second-order valence-corrected chi connectivity index (χ2v) is 7.05. The van der Waals surface area contributed by atoms with Gasteiger partial charge in [-0.05, 0) is 43.7 Å². The summed E-state index contributed by atoms with van der Waals surface area (Å²) >= 11 is 6.02. The highest BCUT2D eigenvalue weighted by Gasteiger charge is 2.40. The smallest absolute Gasteiger partial charge is 0.352 e. The third-order valence-corrected chi connectivity index (χ3v) is 4.62. The Kier molecular flexibility index (Phi) is 6.35. The molecule has 0 bridgehead atoms. The van der Waals surface area contributed by atoms with Crippen molar-refractivity contribution < 1.29 is 22.8 Å². The number of nitrogens with zero attached hydrogens (tertiary/aromatic N) is 2. The lowest BCUT2D eigenvalue weighted by molar-refractivity contribution is -0.143. The van der Waals surface area contributed by atoms with E-state index in [0.717, 1.165) is 6.20 Å². The van der Waals surface area contributed by atoms with E-state index in [9.17, 15) is 22.8 Å². The predicted molar refractivity (Wildman–Crippen MR) is 111 cm³/mol. The number of carbonyl (C=O) groups is 2. The zero-order valence-electron chi connectivity index (χ0n) is 16.5. The van der Waals surface area contributed by atoms with Crippen LogP contribution in [0.25, 0.3) is 5.69 Å². The first-order chi connectivity index (χ1) is 14.6. The lowest BCUT2D eigenvalue weighted by Gasteiger charge is -2.16. The van der Waals surface area contributed by atoms with E-state index in [4.69, 9.17) is 11.6 Å². The van der Waals surface area contributed by atoms with Crippen molar-refractivity contribution >= 4 is 29.1 Å². The molecule has 0 aliphatic carbocycles. The van der Waals surface area contributed by atoms with Crippen LogP contribution in [0.15, 0.2) is 48.7 Å². The van der Waals surface area contributed by atoms with Gasteiger partial charge in [0.15, 0.2) is 5.69 Å². The Bertz CT molecular complexity index is 1130. The lowest BCUT2D eigenvalue weighted by atomic mass is 10.1. The number of halogens is 4. The van der Waals surface area contributed by atoms with Gasteiger partial charge in [-0.1, -0.05) is 29.8 Å². The molecule has 2 N–H and O–H groups in total. The van der Waals surface area contributed by atoms with Gasteiger partial charge in [0.2, 0.25) is 0 Å². The fourth-order valence-electron chi connectivity index (χ4n) is 3.08. The Morgan fingerprint density at radius 1 is 1.10 bits per heavy atom. The Morgan fingerprint density at radius 2 is 1.77 bits per heavy atom. The van der Waals surface area contributed by atoms with Gasteiger partial charge in [-0.2, -0.15) is 18.3 Å². The van der Waals surface area contributed by atoms with Crippen molar-refractivity contribution in [3.63, 3.8) is 0 Å². The number of benzene rings is 2. The average Bonchev–Trinajstić information content (AvgIpc) is 3.16. The van der Waals surface area contributed by atoms with Gasteiger partial charge in [-0.15, -0.1) is 0 Å². The maximum Gasteiger partial charge on any atom is 0.434 e. The van der Waals surface area contributed by atoms with E-state index in [1.54, 1.807) is 32.0 Å². The Balaban J connectivity index is 2.06.